The van der Waals surface area contributed by atoms with Gasteiger partial charge in [-0.2, -0.15) is 4.31 Å². The Hall–Kier alpha value is -2.91. The summed E-state index contributed by atoms with van der Waals surface area (Å²) >= 11 is 0. The van der Waals surface area contributed by atoms with Gasteiger partial charge in [0.25, 0.3) is 5.91 Å². The highest BCUT2D eigenvalue weighted by Gasteiger charge is 2.26. The molecule has 2 aromatic carbocycles. The Balaban J connectivity index is 1.69. The number of rotatable bonds is 6. The van der Waals surface area contributed by atoms with E-state index >= 15 is 0 Å². The van der Waals surface area contributed by atoms with Crippen LogP contribution in [0.4, 0.5) is 5.69 Å². The smallest absolute Gasteiger partial charge is 0.262 e. The van der Waals surface area contributed by atoms with Crippen LogP contribution in [0.1, 0.15) is 18.5 Å². The van der Waals surface area contributed by atoms with Crippen molar-refractivity contribution in [1.82, 2.24) is 9.62 Å². The van der Waals surface area contributed by atoms with Crippen LogP contribution in [0.2, 0.25) is 0 Å². The summed E-state index contributed by atoms with van der Waals surface area (Å²) < 4.78 is 31.8. The lowest BCUT2D eigenvalue weighted by Crippen LogP contribution is -2.39. The maximum absolute atomic E-state index is 12.8. The zero-order valence-electron chi connectivity index (χ0n) is 15.5. The van der Waals surface area contributed by atoms with E-state index in [0.717, 1.165) is 9.87 Å². The van der Waals surface area contributed by atoms with Gasteiger partial charge in [0.05, 0.1) is 23.2 Å². The van der Waals surface area contributed by atoms with E-state index in [1.54, 1.807) is 0 Å². The number of carbonyl (C=O) groups is 2. The third-order valence-corrected chi connectivity index (χ3v) is 6.13. The zero-order valence-corrected chi connectivity index (χ0v) is 16.3. The molecule has 148 valence electrons. The molecule has 0 saturated heterocycles. The Morgan fingerprint density at radius 3 is 2.68 bits per heavy atom. The van der Waals surface area contributed by atoms with Crippen LogP contribution in [0.3, 0.4) is 0 Å². The highest BCUT2D eigenvalue weighted by molar-refractivity contribution is 7.89. The number of sulfonamides is 1. The van der Waals surface area contributed by atoms with Gasteiger partial charge in [-0.05, 0) is 30.7 Å². The predicted octanol–water partition coefficient (Wildman–Crippen LogP) is 1.52. The van der Waals surface area contributed by atoms with Gasteiger partial charge in [0.15, 0.2) is 6.61 Å². The lowest BCUT2D eigenvalue weighted by atomic mass is 10.1. The highest BCUT2D eigenvalue weighted by Crippen LogP contribution is 2.30. The predicted molar refractivity (Wildman–Crippen MR) is 103 cm³/mol. The number of nitrogens with zero attached hydrogens (tertiary/aromatic N) is 1. The van der Waals surface area contributed by atoms with Crippen LogP contribution in [-0.4, -0.2) is 44.7 Å². The molecular formula is C19H21N3O5S. The third-order valence-electron chi connectivity index (χ3n) is 4.34. The summed E-state index contributed by atoms with van der Waals surface area (Å²) in [5.41, 5.74) is 1.21. The molecule has 1 aliphatic heterocycles. The van der Waals surface area contributed by atoms with Crippen molar-refractivity contribution in [2.45, 2.75) is 17.9 Å². The van der Waals surface area contributed by atoms with E-state index in [-0.39, 0.29) is 35.7 Å². The first-order valence-corrected chi connectivity index (χ1v) is 10.1. The van der Waals surface area contributed by atoms with Gasteiger partial charge in [0, 0.05) is 7.05 Å². The monoisotopic (exact) mass is 403 g/mol. The van der Waals surface area contributed by atoms with Crippen molar-refractivity contribution >= 4 is 27.5 Å². The van der Waals surface area contributed by atoms with E-state index in [2.05, 4.69) is 10.6 Å². The Kier molecular flexibility index (Phi) is 5.66. The molecule has 0 fully saturated rings. The lowest BCUT2D eigenvalue weighted by Gasteiger charge is -2.21. The van der Waals surface area contributed by atoms with Crippen LogP contribution in [-0.2, 0) is 19.6 Å². The molecule has 1 atom stereocenters. The molecule has 9 heteroatoms. The number of nitrogens with one attached hydrogen (secondary N) is 2. The Labute approximate surface area is 163 Å². The molecule has 1 aliphatic rings. The molecule has 2 amide bonds. The molecule has 0 unspecified atom stereocenters. The number of hydrogen-bond acceptors (Lipinski definition) is 5. The molecule has 0 aromatic heterocycles. The van der Waals surface area contributed by atoms with Crippen LogP contribution in [0.15, 0.2) is 53.4 Å². The minimum atomic E-state index is -3.92. The van der Waals surface area contributed by atoms with Crippen LogP contribution in [0.5, 0.6) is 5.75 Å². The van der Waals surface area contributed by atoms with E-state index in [1.807, 2.05) is 37.3 Å². The van der Waals surface area contributed by atoms with Crippen LogP contribution >= 0.6 is 0 Å². The van der Waals surface area contributed by atoms with Gasteiger partial charge in [-0.3, -0.25) is 9.59 Å². The second-order valence-electron chi connectivity index (χ2n) is 6.46. The molecular weight excluding hydrogens is 382 g/mol. The van der Waals surface area contributed by atoms with Crippen molar-refractivity contribution in [2.75, 3.05) is 25.5 Å². The Morgan fingerprint density at radius 1 is 1.25 bits per heavy atom. The molecule has 0 bridgehead atoms. The quantitative estimate of drug-likeness (QED) is 0.761. The fraction of sp³-hybridized carbons (Fsp3) is 0.263. The van der Waals surface area contributed by atoms with Crippen molar-refractivity contribution in [3.8, 4) is 5.75 Å². The largest absolute Gasteiger partial charge is 0.482 e. The van der Waals surface area contributed by atoms with Crippen molar-refractivity contribution in [2.24, 2.45) is 0 Å². The first-order valence-electron chi connectivity index (χ1n) is 8.65. The molecule has 8 nitrogen and oxygen atoms in total. The minimum Gasteiger partial charge on any atom is -0.482 e. The molecule has 1 heterocycles. The lowest BCUT2D eigenvalue weighted by molar-refractivity contribution is -0.121. The normalized spacial score (nSPS) is 14.6. The second kappa shape index (κ2) is 7.99. The van der Waals surface area contributed by atoms with E-state index < -0.39 is 15.9 Å². The Morgan fingerprint density at radius 2 is 1.96 bits per heavy atom. The summed E-state index contributed by atoms with van der Waals surface area (Å²) in [5.74, 6) is -0.377. The van der Waals surface area contributed by atoms with Crippen LogP contribution in [0.25, 0.3) is 0 Å². The standard InChI is InChI=1S/C19H21N3O5S/c1-13(14-6-4-3-5-7-14)20-18(23)11-22(2)28(25,26)15-8-9-17-16(10-15)21-19(24)12-27-17/h3-10,13H,11-12H2,1-2H3,(H,20,23)(H,21,24)/t13-/m0/s1. The highest BCUT2D eigenvalue weighted by atomic mass is 32.2. The fourth-order valence-electron chi connectivity index (χ4n) is 2.80. The van der Waals surface area contributed by atoms with E-state index in [9.17, 15) is 18.0 Å². The number of ether oxygens (including phenoxy) is 1. The zero-order chi connectivity index (χ0) is 20.3. The molecule has 0 spiro atoms. The molecule has 2 N–H and O–H groups in total. The van der Waals surface area contributed by atoms with Gasteiger partial charge in [0.1, 0.15) is 5.75 Å². The first-order chi connectivity index (χ1) is 13.3. The molecule has 28 heavy (non-hydrogen) atoms. The summed E-state index contributed by atoms with van der Waals surface area (Å²) in [6.07, 6.45) is 0. The van der Waals surface area contributed by atoms with Gasteiger partial charge >= 0.3 is 0 Å². The summed E-state index contributed by atoms with van der Waals surface area (Å²) in [7, 11) is -2.59. The number of likely N-dealkylation sites (N-methyl/N-ethyl adjacent to an activating group) is 1. The van der Waals surface area contributed by atoms with Crippen molar-refractivity contribution in [3.05, 3.63) is 54.1 Å². The van der Waals surface area contributed by atoms with Gasteiger partial charge in [0.2, 0.25) is 15.9 Å². The van der Waals surface area contributed by atoms with Gasteiger partial charge in [-0.25, -0.2) is 8.42 Å². The van der Waals surface area contributed by atoms with Crippen molar-refractivity contribution in [3.63, 3.8) is 0 Å². The Bertz CT molecular complexity index is 992. The molecule has 0 saturated carbocycles. The van der Waals surface area contributed by atoms with Crippen LogP contribution < -0.4 is 15.4 Å². The average Bonchev–Trinajstić information content (AvgIpc) is 2.67. The number of carbonyl (C=O) groups excluding carboxylic acids is 2. The third kappa shape index (κ3) is 4.32. The van der Waals surface area contributed by atoms with Crippen molar-refractivity contribution in [1.29, 1.82) is 0 Å². The summed E-state index contributed by atoms with van der Waals surface area (Å²) in [4.78, 5) is 23.7. The number of hydrogen-bond donors (Lipinski definition) is 2. The number of amides is 2. The van der Waals surface area contributed by atoms with Gasteiger partial charge < -0.3 is 15.4 Å². The minimum absolute atomic E-state index is 0.0385. The van der Waals surface area contributed by atoms with E-state index in [1.165, 1.54) is 25.2 Å². The number of fused-ring (bicyclic) bond motifs is 1. The van der Waals surface area contributed by atoms with Gasteiger partial charge in [-0.1, -0.05) is 30.3 Å². The van der Waals surface area contributed by atoms with Crippen molar-refractivity contribution < 1.29 is 22.7 Å². The maximum atomic E-state index is 12.8. The first kappa shape index (κ1) is 19.8. The number of anilines is 1. The summed E-state index contributed by atoms with van der Waals surface area (Å²) in [5, 5.41) is 5.35. The fourth-order valence-corrected chi connectivity index (χ4v) is 3.96. The summed E-state index contributed by atoms with van der Waals surface area (Å²) in [6.45, 7) is 1.38. The van der Waals surface area contributed by atoms with E-state index in [4.69, 9.17) is 4.74 Å². The molecule has 2 aromatic rings. The number of benzene rings is 2. The maximum Gasteiger partial charge on any atom is 0.262 e. The summed E-state index contributed by atoms with van der Waals surface area (Å²) in [6, 6.07) is 13.3. The second-order valence-corrected chi connectivity index (χ2v) is 8.50. The SMILES string of the molecule is C[C@H](NC(=O)CN(C)S(=O)(=O)c1ccc2c(c1)NC(=O)CO2)c1ccccc1. The molecule has 3 rings (SSSR count). The average molecular weight is 403 g/mol. The van der Waals surface area contributed by atoms with Gasteiger partial charge in [-0.15, -0.1) is 0 Å². The van der Waals surface area contributed by atoms with E-state index in [0.29, 0.717) is 5.75 Å². The molecule has 0 radical (unpaired) electrons. The molecule has 0 aliphatic carbocycles. The topological polar surface area (TPSA) is 105 Å². The van der Waals surface area contributed by atoms with Crippen LogP contribution in [0, 0.1) is 0 Å².